The lowest BCUT2D eigenvalue weighted by Crippen LogP contribution is -2.25. The van der Waals surface area contributed by atoms with Crippen molar-refractivity contribution in [3.05, 3.63) is 53.9 Å². The first-order valence-corrected chi connectivity index (χ1v) is 9.31. The van der Waals surface area contributed by atoms with Crippen LogP contribution in [-0.2, 0) is 0 Å². The van der Waals surface area contributed by atoms with E-state index in [2.05, 4.69) is 22.5 Å². The van der Waals surface area contributed by atoms with Crippen molar-refractivity contribution < 1.29 is 14.3 Å². The lowest BCUT2D eigenvalue weighted by atomic mass is 10.1. The van der Waals surface area contributed by atoms with Gasteiger partial charge in [0.15, 0.2) is 0 Å². The molecule has 0 radical (unpaired) electrons. The third-order valence-electron chi connectivity index (χ3n) is 3.83. The van der Waals surface area contributed by atoms with Gasteiger partial charge >= 0.3 is 0 Å². The molecule has 2 N–H and O–H groups in total. The number of aromatic nitrogens is 1. The maximum atomic E-state index is 12.6. The summed E-state index contributed by atoms with van der Waals surface area (Å²) < 4.78 is 5.71. The highest BCUT2D eigenvalue weighted by molar-refractivity contribution is 6.06. The van der Waals surface area contributed by atoms with E-state index < -0.39 is 0 Å². The van der Waals surface area contributed by atoms with Crippen LogP contribution in [-0.4, -0.2) is 29.4 Å². The highest BCUT2D eigenvalue weighted by Crippen LogP contribution is 2.25. The maximum absolute atomic E-state index is 12.6. The Morgan fingerprint density at radius 2 is 1.78 bits per heavy atom. The molecule has 0 unspecified atom stereocenters. The van der Waals surface area contributed by atoms with Gasteiger partial charge in [-0.2, -0.15) is 0 Å². The largest absolute Gasteiger partial charge is 0.489 e. The molecule has 2 rings (SSSR count). The number of benzene rings is 1. The van der Waals surface area contributed by atoms with Gasteiger partial charge in [-0.1, -0.05) is 31.9 Å². The number of para-hydroxylation sites is 2. The Balaban J connectivity index is 2.06. The van der Waals surface area contributed by atoms with Gasteiger partial charge in [0.05, 0.1) is 22.9 Å². The molecule has 1 heterocycles. The second-order valence-corrected chi connectivity index (χ2v) is 6.54. The molecule has 0 saturated heterocycles. The fourth-order valence-corrected chi connectivity index (χ4v) is 2.49. The zero-order valence-corrected chi connectivity index (χ0v) is 16.1. The molecule has 27 heavy (non-hydrogen) atoms. The smallest absolute Gasteiger partial charge is 0.257 e. The van der Waals surface area contributed by atoms with Crippen molar-refractivity contribution >= 4 is 17.5 Å². The summed E-state index contributed by atoms with van der Waals surface area (Å²) >= 11 is 0. The molecule has 0 fully saturated rings. The molecule has 0 aliphatic rings. The van der Waals surface area contributed by atoms with Crippen molar-refractivity contribution in [2.75, 3.05) is 11.9 Å². The summed E-state index contributed by atoms with van der Waals surface area (Å²) in [6.07, 6.45) is 5.98. The van der Waals surface area contributed by atoms with E-state index >= 15 is 0 Å². The second kappa shape index (κ2) is 10.3. The van der Waals surface area contributed by atoms with Gasteiger partial charge in [0.1, 0.15) is 5.75 Å². The molecule has 6 nitrogen and oxygen atoms in total. The van der Waals surface area contributed by atoms with Crippen molar-refractivity contribution in [3.8, 4) is 5.75 Å². The van der Waals surface area contributed by atoms with E-state index in [-0.39, 0.29) is 17.9 Å². The molecule has 1 aromatic carbocycles. The Hall–Kier alpha value is -2.89. The first-order chi connectivity index (χ1) is 13.0. The Morgan fingerprint density at radius 3 is 2.48 bits per heavy atom. The number of hydrogen-bond donors (Lipinski definition) is 2. The van der Waals surface area contributed by atoms with E-state index in [0.717, 1.165) is 19.3 Å². The molecule has 1 aromatic heterocycles. The van der Waals surface area contributed by atoms with Gasteiger partial charge < -0.3 is 15.4 Å². The van der Waals surface area contributed by atoms with E-state index in [1.807, 2.05) is 26.0 Å². The van der Waals surface area contributed by atoms with Crippen LogP contribution in [0.15, 0.2) is 42.7 Å². The van der Waals surface area contributed by atoms with Crippen molar-refractivity contribution in [2.24, 2.45) is 0 Å². The normalized spacial score (nSPS) is 10.5. The zero-order valence-electron chi connectivity index (χ0n) is 16.1. The van der Waals surface area contributed by atoms with E-state index in [9.17, 15) is 9.59 Å². The molecular formula is C21H27N3O3. The maximum Gasteiger partial charge on any atom is 0.257 e. The molecule has 0 atom stereocenters. The number of carbonyl (C=O) groups excluding carboxylic acids is 2. The molecule has 2 aromatic rings. The summed E-state index contributed by atoms with van der Waals surface area (Å²) in [5.74, 6) is 0.0263. The van der Waals surface area contributed by atoms with E-state index in [1.54, 1.807) is 18.2 Å². The molecular weight excluding hydrogens is 342 g/mol. The number of pyridine rings is 1. The number of amides is 2. The average Bonchev–Trinajstić information content (AvgIpc) is 2.66. The van der Waals surface area contributed by atoms with E-state index in [4.69, 9.17) is 4.74 Å². The molecule has 0 spiro atoms. The first kappa shape index (κ1) is 20.4. The molecule has 2 amide bonds. The lowest BCUT2D eigenvalue weighted by Gasteiger charge is -2.14. The monoisotopic (exact) mass is 369 g/mol. The van der Waals surface area contributed by atoms with Crippen LogP contribution in [0.2, 0.25) is 0 Å². The number of nitrogens with zero attached hydrogens (tertiary/aromatic N) is 1. The fraction of sp³-hybridized carbons (Fsp3) is 0.381. The van der Waals surface area contributed by atoms with Crippen LogP contribution < -0.4 is 15.4 Å². The van der Waals surface area contributed by atoms with Gasteiger partial charge in [-0.05, 0) is 38.5 Å². The summed E-state index contributed by atoms with van der Waals surface area (Å²) in [5, 5.41) is 5.67. The molecule has 0 saturated carbocycles. The van der Waals surface area contributed by atoms with Crippen LogP contribution in [0.25, 0.3) is 0 Å². The standard InChI is InChI=1S/C21H27N3O3/c1-4-5-8-11-23-20(25)16-12-17(14-22-13-16)21(26)24-18-9-6-7-10-19(18)27-15(2)3/h6-7,9-10,12-15H,4-5,8,11H2,1-3H3,(H,23,25)(H,24,26). The highest BCUT2D eigenvalue weighted by Gasteiger charge is 2.13. The van der Waals surface area contributed by atoms with Crippen molar-refractivity contribution in [1.29, 1.82) is 0 Å². The van der Waals surface area contributed by atoms with E-state index in [1.165, 1.54) is 12.4 Å². The zero-order chi connectivity index (χ0) is 19.6. The highest BCUT2D eigenvalue weighted by atomic mass is 16.5. The van der Waals surface area contributed by atoms with Crippen LogP contribution in [0, 0.1) is 0 Å². The van der Waals surface area contributed by atoms with Gasteiger partial charge in [0, 0.05) is 18.9 Å². The SMILES string of the molecule is CCCCCNC(=O)c1cncc(C(=O)Nc2ccccc2OC(C)C)c1. The van der Waals surface area contributed by atoms with Crippen LogP contribution in [0.1, 0.15) is 60.7 Å². The minimum Gasteiger partial charge on any atom is -0.489 e. The number of anilines is 1. The molecule has 0 bridgehead atoms. The van der Waals surface area contributed by atoms with Crippen molar-refractivity contribution in [3.63, 3.8) is 0 Å². The number of nitrogens with one attached hydrogen (secondary N) is 2. The average molecular weight is 369 g/mol. The molecule has 0 aliphatic heterocycles. The lowest BCUT2D eigenvalue weighted by molar-refractivity contribution is 0.0952. The second-order valence-electron chi connectivity index (χ2n) is 6.54. The first-order valence-electron chi connectivity index (χ1n) is 9.31. The number of rotatable bonds is 9. The summed E-state index contributed by atoms with van der Waals surface area (Å²) in [6.45, 7) is 6.57. The van der Waals surface area contributed by atoms with Crippen LogP contribution in [0.3, 0.4) is 0 Å². The Bertz CT molecular complexity index is 775. The Labute approximate surface area is 160 Å². The number of carbonyl (C=O) groups is 2. The van der Waals surface area contributed by atoms with Gasteiger partial charge in [0.25, 0.3) is 11.8 Å². The summed E-state index contributed by atoms with van der Waals surface area (Å²) in [4.78, 5) is 28.8. The van der Waals surface area contributed by atoms with Crippen LogP contribution >= 0.6 is 0 Å². The van der Waals surface area contributed by atoms with E-state index in [0.29, 0.717) is 29.1 Å². The predicted molar refractivity (Wildman–Crippen MR) is 106 cm³/mol. The third-order valence-corrected chi connectivity index (χ3v) is 3.83. The van der Waals surface area contributed by atoms with Gasteiger partial charge in [-0.3, -0.25) is 14.6 Å². The van der Waals surface area contributed by atoms with Crippen molar-refractivity contribution in [2.45, 2.75) is 46.1 Å². The number of ether oxygens (including phenoxy) is 1. The fourth-order valence-electron chi connectivity index (χ4n) is 2.49. The topological polar surface area (TPSA) is 80.3 Å². The summed E-state index contributed by atoms with van der Waals surface area (Å²) in [6, 6.07) is 8.78. The third kappa shape index (κ3) is 6.40. The summed E-state index contributed by atoms with van der Waals surface area (Å²) in [5.41, 5.74) is 1.26. The van der Waals surface area contributed by atoms with Crippen LogP contribution in [0.4, 0.5) is 5.69 Å². The van der Waals surface area contributed by atoms with Gasteiger partial charge in [-0.25, -0.2) is 0 Å². The van der Waals surface area contributed by atoms with Gasteiger partial charge in [-0.15, -0.1) is 0 Å². The molecule has 144 valence electrons. The predicted octanol–water partition coefficient (Wildman–Crippen LogP) is 4.04. The van der Waals surface area contributed by atoms with Crippen LogP contribution in [0.5, 0.6) is 5.75 Å². The minimum atomic E-state index is -0.345. The number of unbranched alkanes of at least 4 members (excludes halogenated alkanes) is 2. The molecule has 0 aliphatic carbocycles. The minimum absolute atomic E-state index is 0.00977. The Morgan fingerprint density at radius 1 is 1.07 bits per heavy atom. The quantitative estimate of drug-likeness (QED) is 0.654. The Kier molecular flexibility index (Phi) is 7.79. The van der Waals surface area contributed by atoms with Crippen molar-refractivity contribution in [1.82, 2.24) is 10.3 Å². The molecule has 6 heteroatoms. The van der Waals surface area contributed by atoms with Gasteiger partial charge in [0.2, 0.25) is 0 Å². The summed E-state index contributed by atoms with van der Waals surface area (Å²) in [7, 11) is 0. The number of hydrogen-bond acceptors (Lipinski definition) is 4.